The highest BCUT2D eigenvalue weighted by atomic mass is 32.2. The Morgan fingerprint density at radius 1 is 1.19 bits per heavy atom. The van der Waals surface area contributed by atoms with Crippen LogP contribution in [0.2, 0.25) is 0 Å². The zero-order chi connectivity index (χ0) is 19.3. The predicted molar refractivity (Wildman–Crippen MR) is 101 cm³/mol. The van der Waals surface area contributed by atoms with E-state index in [0.29, 0.717) is 31.0 Å². The summed E-state index contributed by atoms with van der Waals surface area (Å²) in [6, 6.07) is 6.22. The van der Waals surface area contributed by atoms with Crippen molar-refractivity contribution in [2.45, 2.75) is 26.4 Å². The number of halogens is 1. The molecule has 3 rings (SSSR count). The van der Waals surface area contributed by atoms with Gasteiger partial charge in [-0.25, -0.2) is 32.2 Å². The van der Waals surface area contributed by atoms with Crippen LogP contribution in [0.5, 0.6) is 0 Å². The zero-order valence-corrected chi connectivity index (χ0v) is 15.7. The van der Waals surface area contributed by atoms with Crippen molar-refractivity contribution in [1.29, 1.82) is 0 Å². The molecule has 1 aromatic carbocycles. The molecule has 8 nitrogen and oxygen atoms in total. The van der Waals surface area contributed by atoms with E-state index in [-0.39, 0.29) is 18.1 Å². The maximum atomic E-state index is 13.0. The number of nitrogens with one attached hydrogen (secondary N) is 2. The molecule has 10 heteroatoms. The van der Waals surface area contributed by atoms with E-state index in [2.05, 4.69) is 25.1 Å². The third kappa shape index (κ3) is 4.98. The van der Waals surface area contributed by atoms with E-state index in [1.807, 2.05) is 6.92 Å². The van der Waals surface area contributed by atoms with Crippen molar-refractivity contribution in [2.75, 3.05) is 17.6 Å². The predicted octanol–water partition coefficient (Wildman–Crippen LogP) is 1.91. The quantitative estimate of drug-likeness (QED) is 0.577. The Balaban J connectivity index is 1.68. The molecule has 0 fully saturated rings. The summed E-state index contributed by atoms with van der Waals surface area (Å²) in [5.74, 6) is 0.438. The van der Waals surface area contributed by atoms with Crippen molar-refractivity contribution >= 4 is 26.9 Å². The number of aromatic nitrogens is 4. The van der Waals surface area contributed by atoms with Gasteiger partial charge >= 0.3 is 0 Å². The van der Waals surface area contributed by atoms with Crippen LogP contribution in [0.15, 0.2) is 36.8 Å². The molecule has 0 aliphatic rings. The first-order valence-corrected chi connectivity index (χ1v) is 10.3. The Morgan fingerprint density at radius 3 is 2.70 bits per heavy atom. The molecule has 0 saturated heterocycles. The van der Waals surface area contributed by atoms with Gasteiger partial charge in [0.1, 0.15) is 18.0 Å². The molecule has 0 aliphatic heterocycles. The van der Waals surface area contributed by atoms with Crippen molar-refractivity contribution in [2.24, 2.45) is 0 Å². The van der Waals surface area contributed by atoms with Crippen molar-refractivity contribution in [1.82, 2.24) is 24.5 Å². The van der Waals surface area contributed by atoms with Crippen molar-refractivity contribution in [3.8, 4) is 0 Å². The lowest BCUT2D eigenvalue weighted by Crippen LogP contribution is -2.29. The first kappa shape index (κ1) is 19.2. The van der Waals surface area contributed by atoms with Gasteiger partial charge in [-0.1, -0.05) is 19.1 Å². The maximum absolute atomic E-state index is 13.0. The summed E-state index contributed by atoms with van der Waals surface area (Å²) in [6.45, 7) is 2.90. The van der Waals surface area contributed by atoms with Crippen LogP contribution in [0.4, 0.5) is 10.2 Å². The monoisotopic (exact) mass is 392 g/mol. The van der Waals surface area contributed by atoms with Crippen LogP contribution in [-0.2, 0) is 23.1 Å². The average Bonchev–Trinajstić information content (AvgIpc) is 3.05. The van der Waals surface area contributed by atoms with Crippen LogP contribution in [0.25, 0.3) is 11.0 Å². The Hall–Kier alpha value is -2.59. The highest BCUT2D eigenvalue weighted by Gasteiger charge is 2.11. The van der Waals surface area contributed by atoms with Crippen LogP contribution >= 0.6 is 0 Å². The topological polar surface area (TPSA) is 102 Å². The number of fused-ring (bicyclic) bond motifs is 1. The van der Waals surface area contributed by atoms with Gasteiger partial charge in [-0.05, 0) is 24.1 Å². The van der Waals surface area contributed by atoms with Gasteiger partial charge in [-0.2, -0.15) is 5.10 Å². The summed E-state index contributed by atoms with van der Waals surface area (Å²) >= 11 is 0. The summed E-state index contributed by atoms with van der Waals surface area (Å²) in [7, 11) is -3.25. The first-order valence-electron chi connectivity index (χ1n) is 8.60. The molecule has 27 heavy (non-hydrogen) atoms. The number of hydrogen-bond donors (Lipinski definition) is 2. The molecule has 0 aliphatic carbocycles. The number of hydrogen-bond acceptors (Lipinski definition) is 6. The van der Waals surface area contributed by atoms with Gasteiger partial charge in [0.25, 0.3) is 0 Å². The summed E-state index contributed by atoms with van der Waals surface area (Å²) < 4.78 is 40.6. The van der Waals surface area contributed by atoms with E-state index < -0.39 is 10.0 Å². The molecule has 144 valence electrons. The number of anilines is 1. The summed E-state index contributed by atoms with van der Waals surface area (Å²) in [6.07, 6.45) is 3.63. The van der Waals surface area contributed by atoms with Crippen LogP contribution in [0, 0.1) is 5.82 Å². The van der Waals surface area contributed by atoms with Crippen molar-refractivity contribution < 1.29 is 12.8 Å². The molecule has 2 aromatic heterocycles. The Bertz CT molecular complexity index is 1000. The van der Waals surface area contributed by atoms with Gasteiger partial charge in [-0.15, -0.1) is 0 Å². The molecule has 2 N–H and O–H groups in total. The Kier molecular flexibility index (Phi) is 5.97. The molecular weight excluding hydrogens is 371 g/mol. The van der Waals surface area contributed by atoms with E-state index in [0.717, 1.165) is 10.9 Å². The van der Waals surface area contributed by atoms with Gasteiger partial charge < -0.3 is 5.32 Å². The zero-order valence-electron chi connectivity index (χ0n) is 14.9. The van der Waals surface area contributed by atoms with E-state index in [1.165, 1.54) is 18.5 Å². The van der Waals surface area contributed by atoms with Crippen LogP contribution in [0.1, 0.15) is 18.9 Å². The van der Waals surface area contributed by atoms with E-state index in [4.69, 9.17) is 0 Å². The molecule has 0 unspecified atom stereocenters. The highest BCUT2D eigenvalue weighted by Crippen LogP contribution is 2.19. The second-order valence-electron chi connectivity index (χ2n) is 6.02. The average molecular weight is 392 g/mol. The lowest BCUT2D eigenvalue weighted by molar-refractivity contribution is 0.563. The minimum absolute atomic E-state index is 0.104. The van der Waals surface area contributed by atoms with Gasteiger partial charge in [-0.3, -0.25) is 0 Å². The second-order valence-corrected chi connectivity index (χ2v) is 7.95. The third-order valence-corrected chi connectivity index (χ3v) is 5.51. The van der Waals surface area contributed by atoms with E-state index >= 15 is 0 Å². The number of rotatable bonds is 9. The Morgan fingerprint density at radius 2 is 1.96 bits per heavy atom. The molecule has 0 spiro atoms. The largest absolute Gasteiger partial charge is 0.365 e. The van der Waals surface area contributed by atoms with Crippen LogP contribution < -0.4 is 10.0 Å². The molecule has 2 heterocycles. The molecule has 0 atom stereocenters. The fourth-order valence-electron chi connectivity index (χ4n) is 2.63. The molecule has 0 radical (unpaired) electrons. The molecule has 0 bridgehead atoms. The fraction of sp³-hybridized carbons (Fsp3) is 0.353. The fourth-order valence-corrected chi connectivity index (χ4v) is 3.72. The smallest absolute Gasteiger partial charge is 0.211 e. The molecule has 0 amide bonds. The maximum Gasteiger partial charge on any atom is 0.211 e. The summed E-state index contributed by atoms with van der Waals surface area (Å²) in [5.41, 5.74) is 1.53. The van der Waals surface area contributed by atoms with Gasteiger partial charge in [0.15, 0.2) is 5.65 Å². The number of sulfonamides is 1. The lowest BCUT2D eigenvalue weighted by Gasteiger charge is -2.08. The normalized spacial score (nSPS) is 11.8. The minimum atomic E-state index is -3.25. The first-order chi connectivity index (χ1) is 13.0. The van der Waals surface area contributed by atoms with Crippen LogP contribution in [-0.4, -0.2) is 40.5 Å². The number of nitrogens with zero attached hydrogens (tertiary/aromatic N) is 4. The third-order valence-electron chi connectivity index (χ3n) is 3.93. The van der Waals surface area contributed by atoms with Crippen LogP contribution in [0.3, 0.4) is 0 Å². The van der Waals surface area contributed by atoms with Gasteiger partial charge in [0, 0.05) is 13.1 Å². The molecular formula is C17H21FN6O2S. The second kappa shape index (κ2) is 8.40. The van der Waals surface area contributed by atoms with E-state index in [9.17, 15) is 12.8 Å². The molecule has 3 aromatic rings. The number of benzene rings is 1. The summed E-state index contributed by atoms with van der Waals surface area (Å²) in [5, 5.41) is 8.21. The van der Waals surface area contributed by atoms with Crippen molar-refractivity contribution in [3.05, 3.63) is 48.2 Å². The van der Waals surface area contributed by atoms with Gasteiger partial charge in [0.2, 0.25) is 10.0 Å². The minimum Gasteiger partial charge on any atom is -0.365 e. The highest BCUT2D eigenvalue weighted by molar-refractivity contribution is 7.89. The lowest BCUT2D eigenvalue weighted by atomic mass is 10.2. The Labute approximate surface area is 156 Å². The molecule has 0 saturated carbocycles. The SMILES string of the molecule is CCCS(=O)(=O)NCCn1ncc2c(NCc3ccc(F)cc3)ncnc21. The van der Waals surface area contributed by atoms with Crippen molar-refractivity contribution in [3.63, 3.8) is 0 Å². The summed E-state index contributed by atoms with van der Waals surface area (Å²) in [4.78, 5) is 8.48. The van der Waals surface area contributed by atoms with E-state index in [1.54, 1.807) is 23.0 Å². The van der Waals surface area contributed by atoms with Gasteiger partial charge in [0.05, 0.1) is 23.9 Å². The standard InChI is InChI=1S/C17H21FN6O2S/c1-2-9-27(25,26)23-7-8-24-17-15(11-22-24)16(20-12-21-17)19-10-13-3-5-14(18)6-4-13/h3-6,11-12,23H,2,7-10H2,1H3,(H,19,20,21).